The minimum Gasteiger partial charge on any atom is -0.348 e. The van der Waals surface area contributed by atoms with E-state index >= 15 is 0 Å². The van der Waals surface area contributed by atoms with Gasteiger partial charge in [0.25, 0.3) is 5.91 Å². The molecule has 1 aliphatic carbocycles. The number of aromatic nitrogens is 2. The molecule has 1 heterocycles. The summed E-state index contributed by atoms with van der Waals surface area (Å²) in [6.45, 7) is 4.18. The highest BCUT2D eigenvalue weighted by Crippen LogP contribution is 2.32. The number of nitrogens with one attached hydrogen (secondary N) is 2. The van der Waals surface area contributed by atoms with Gasteiger partial charge >= 0.3 is 0 Å². The Morgan fingerprint density at radius 3 is 2.75 bits per heavy atom. The first-order valence-corrected chi connectivity index (χ1v) is 5.66. The number of carbonyl (C=O) groups excluding carboxylic acids is 1. The lowest BCUT2D eigenvalue weighted by molar-refractivity contribution is 0.0932. The second kappa shape index (κ2) is 4.25. The van der Waals surface area contributed by atoms with Crippen molar-refractivity contribution in [1.82, 2.24) is 15.5 Å². The van der Waals surface area contributed by atoms with E-state index in [1.807, 2.05) is 13.8 Å². The Morgan fingerprint density at radius 2 is 2.31 bits per heavy atom. The second-order valence-electron chi connectivity index (χ2n) is 4.46. The molecule has 0 aromatic carbocycles. The van der Waals surface area contributed by atoms with Gasteiger partial charge in [0.1, 0.15) is 0 Å². The number of H-pyrrole nitrogens is 1. The van der Waals surface area contributed by atoms with Gasteiger partial charge < -0.3 is 11.1 Å². The topological polar surface area (TPSA) is 83.8 Å². The summed E-state index contributed by atoms with van der Waals surface area (Å²) >= 11 is 0. The van der Waals surface area contributed by atoms with E-state index in [-0.39, 0.29) is 11.9 Å². The van der Waals surface area contributed by atoms with Crippen molar-refractivity contribution < 1.29 is 4.79 Å². The van der Waals surface area contributed by atoms with E-state index in [0.717, 1.165) is 11.4 Å². The Labute approximate surface area is 94.8 Å². The van der Waals surface area contributed by atoms with Crippen molar-refractivity contribution >= 4 is 5.91 Å². The number of amides is 1. The average Bonchev–Trinajstić information content (AvgIpc) is 3.02. The van der Waals surface area contributed by atoms with E-state index in [1.165, 1.54) is 12.8 Å². The number of aromatic amines is 1. The van der Waals surface area contributed by atoms with Gasteiger partial charge in [-0.15, -0.1) is 0 Å². The number of carbonyl (C=O) groups is 1. The molecular weight excluding hydrogens is 204 g/mol. The molecule has 1 amide bonds. The summed E-state index contributed by atoms with van der Waals surface area (Å²) < 4.78 is 0. The van der Waals surface area contributed by atoms with Crippen molar-refractivity contribution in [2.45, 2.75) is 32.7 Å². The Bertz CT molecular complexity index is 375. The fraction of sp³-hybridized carbons (Fsp3) is 0.636. The predicted octanol–water partition coefficient (Wildman–Crippen LogP) is 0.494. The van der Waals surface area contributed by atoms with Gasteiger partial charge in [-0.25, -0.2) is 0 Å². The molecule has 5 heteroatoms. The van der Waals surface area contributed by atoms with Crippen molar-refractivity contribution in [2.75, 3.05) is 6.54 Å². The summed E-state index contributed by atoms with van der Waals surface area (Å²) in [6, 6.07) is 0.112. The molecular formula is C11H18N4O. The number of rotatable bonds is 4. The van der Waals surface area contributed by atoms with Crippen LogP contribution >= 0.6 is 0 Å². The highest BCUT2D eigenvalue weighted by molar-refractivity contribution is 5.96. The molecule has 1 fully saturated rings. The third-order valence-electron chi connectivity index (χ3n) is 3.12. The molecule has 1 atom stereocenters. The number of aryl methyl sites for hydroxylation is 2. The van der Waals surface area contributed by atoms with Crippen LogP contribution in [-0.4, -0.2) is 28.7 Å². The number of nitrogens with two attached hydrogens (primary N) is 1. The molecule has 1 aromatic heterocycles. The molecule has 4 N–H and O–H groups in total. The minimum absolute atomic E-state index is 0.0638. The van der Waals surface area contributed by atoms with Crippen LogP contribution in [-0.2, 0) is 0 Å². The molecule has 1 saturated carbocycles. The predicted molar refractivity (Wildman–Crippen MR) is 61.1 cm³/mol. The van der Waals surface area contributed by atoms with Gasteiger partial charge in [0.15, 0.2) is 0 Å². The van der Waals surface area contributed by atoms with Crippen LogP contribution < -0.4 is 11.1 Å². The Morgan fingerprint density at radius 1 is 1.62 bits per heavy atom. The molecule has 0 spiro atoms. The van der Waals surface area contributed by atoms with Crippen LogP contribution in [0.1, 0.15) is 34.6 Å². The van der Waals surface area contributed by atoms with Crippen molar-refractivity contribution in [3.05, 3.63) is 17.0 Å². The third kappa shape index (κ3) is 2.09. The van der Waals surface area contributed by atoms with Crippen molar-refractivity contribution in [1.29, 1.82) is 0 Å². The van der Waals surface area contributed by atoms with Crippen LogP contribution in [0.2, 0.25) is 0 Å². The summed E-state index contributed by atoms with van der Waals surface area (Å²) in [5.41, 5.74) is 7.85. The lowest BCUT2D eigenvalue weighted by atomic mass is 10.1. The van der Waals surface area contributed by atoms with Crippen molar-refractivity contribution in [3.63, 3.8) is 0 Å². The first-order chi connectivity index (χ1) is 7.63. The van der Waals surface area contributed by atoms with Gasteiger partial charge in [-0.3, -0.25) is 9.89 Å². The number of nitrogens with zero attached hydrogens (tertiary/aromatic N) is 1. The third-order valence-corrected chi connectivity index (χ3v) is 3.12. The van der Waals surface area contributed by atoms with Crippen LogP contribution in [0.25, 0.3) is 0 Å². The largest absolute Gasteiger partial charge is 0.348 e. The van der Waals surface area contributed by atoms with E-state index in [4.69, 9.17) is 5.73 Å². The van der Waals surface area contributed by atoms with Crippen LogP contribution in [0.15, 0.2) is 0 Å². The van der Waals surface area contributed by atoms with Crippen LogP contribution in [0.3, 0.4) is 0 Å². The van der Waals surface area contributed by atoms with Gasteiger partial charge in [0.05, 0.1) is 11.3 Å². The zero-order valence-corrected chi connectivity index (χ0v) is 9.71. The van der Waals surface area contributed by atoms with E-state index in [0.29, 0.717) is 18.0 Å². The molecule has 0 radical (unpaired) electrons. The highest BCUT2D eigenvalue weighted by Gasteiger charge is 2.32. The lowest BCUT2D eigenvalue weighted by Gasteiger charge is -2.15. The maximum Gasteiger partial charge on any atom is 0.255 e. The van der Waals surface area contributed by atoms with Crippen LogP contribution in [0.4, 0.5) is 0 Å². The first kappa shape index (κ1) is 11.1. The van der Waals surface area contributed by atoms with E-state index in [1.54, 1.807) is 0 Å². The Kier molecular flexibility index (Phi) is 2.96. The smallest absolute Gasteiger partial charge is 0.255 e. The zero-order valence-electron chi connectivity index (χ0n) is 9.71. The molecule has 1 aliphatic rings. The molecule has 88 valence electrons. The molecule has 0 saturated heterocycles. The summed E-state index contributed by atoms with van der Waals surface area (Å²) in [4.78, 5) is 12.0. The van der Waals surface area contributed by atoms with Crippen molar-refractivity contribution in [2.24, 2.45) is 11.7 Å². The van der Waals surface area contributed by atoms with Crippen molar-refractivity contribution in [3.8, 4) is 0 Å². The molecule has 1 unspecified atom stereocenters. The lowest BCUT2D eigenvalue weighted by Crippen LogP contribution is -2.42. The van der Waals surface area contributed by atoms with Crippen LogP contribution in [0, 0.1) is 19.8 Å². The highest BCUT2D eigenvalue weighted by atomic mass is 16.1. The summed E-state index contributed by atoms with van der Waals surface area (Å²) in [7, 11) is 0. The molecule has 0 bridgehead atoms. The van der Waals surface area contributed by atoms with E-state index < -0.39 is 0 Å². The number of hydrogen-bond donors (Lipinski definition) is 3. The van der Waals surface area contributed by atoms with Crippen LogP contribution in [0.5, 0.6) is 0 Å². The standard InChI is InChI=1S/C11H18N4O/c1-6-10(7(2)15-14-6)11(16)13-9(5-12)8-3-4-8/h8-9H,3-5,12H2,1-2H3,(H,13,16)(H,14,15). The monoisotopic (exact) mass is 222 g/mol. The van der Waals surface area contributed by atoms with Gasteiger partial charge in [-0.2, -0.15) is 5.10 Å². The fourth-order valence-corrected chi connectivity index (χ4v) is 1.99. The van der Waals surface area contributed by atoms with E-state index in [2.05, 4.69) is 15.5 Å². The minimum atomic E-state index is -0.0638. The SMILES string of the molecule is Cc1n[nH]c(C)c1C(=O)NC(CN)C1CC1. The normalized spacial score (nSPS) is 17.2. The summed E-state index contributed by atoms with van der Waals surface area (Å²) in [6.07, 6.45) is 2.34. The Hall–Kier alpha value is -1.36. The Balaban J connectivity index is 2.07. The maximum atomic E-state index is 12.0. The van der Waals surface area contributed by atoms with Gasteiger partial charge in [0.2, 0.25) is 0 Å². The summed E-state index contributed by atoms with van der Waals surface area (Å²) in [5.74, 6) is 0.507. The maximum absolute atomic E-state index is 12.0. The fourth-order valence-electron chi connectivity index (χ4n) is 1.99. The van der Waals surface area contributed by atoms with Gasteiger partial charge in [0, 0.05) is 18.3 Å². The van der Waals surface area contributed by atoms with E-state index in [9.17, 15) is 4.79 Å². The quantitative estimate of drug-likeness (QED) is 0.693. The van der Waals surface area contributed by atoms with Gasteiger partial charge in [-0.05, 0) is 32.6 Å². The molecule has 16 heavy (non-hydrogen) atoms. The molecule has 2 rings (SSSR count). The molecule has 0 aliphatic heterocycles. The second-order valence-corrected chi connectivity index (χ2v) is 4.46. The number of hydrogen-bond acceptors (Lipinski definition) is 3. The summed E-state index contributed by atoms with van der Waals surface area (Å²) in [5, 5.41) is 9.81. The molecule has 5 nitrogen and oxygen atoms in total. The van der Waals surface area contributed by atoms with Gasteiger partial charge in [-0.1, -0.05) is 0 Å². The molecule has 1 aromatic rings. The first-order valence-electron chi connectivity index (χ1n) is 5.66. The average molecular weight is 222 g/mol. The zero-order chi connectivity index (χ0) is 11.7.